The fraction of sp³-hybridized carbons (Fsp3) is 0.714. The lowest BCUT2D eigenvalue weighted by molar-refractivity contribution is 0.449. The van der Waals surface area contributed by atoms with Crippen molar-refractivity contribution < 1.29 is 0 Å². The van der Waals surface area contributed by atoms with E-state index in [0.717, 1.165) is 17.8 Å². The lowest BCUT2D eigenvalue weighted by atomic mass is 9.85. The minimum absolute atomic E-state index is 0.746. The summed E-state index contributed by atoms with van der Waals surface area (Å²) in [4.78, 5) is 0. The maximum atomic E-state index is 4.27. The molecule has 78 valence electrons. The first-order valence-electron chi connectivity index (χ1n) is 6.20. The fourth-order valence-corrected chi connectivity index (χ4v) is 3.04. The topological polar surface area (TPSA) is 0 Å². The summed E-state index contributed by atoms with van der Waals surface area (Å²) in [6.45, 7) is 6.54. The molecule has 3 unspecified atom stereocenters. The number of hydrogen-bond acceptors (Lipinski definition) is 0. The highest BCUT2D eigenvalue weighted by molar-refractivity contribution is 5.28. The number of unbranched alkanes of at least 4 members (excludes halogenated alkanes) is 3. The molecule has 0 heterocycles. The van der Waals surface area contributed by atoms with Crippen LogP contribution in [0.5, 0.6) is 0 Å². The highest BCUT2D eigenvalue weighted by atomic mass is 14.4. The summed E-state index contributed by atoms with van der Waals surface area (Å²) in [6.07, 6.45) is 13.2. The van der Waals surface area contributed by atoms with Crippen molar-refractivity contribution in [1.82, 2.24) is 0 Å². The lowest BCUT2D eigenvalue weighted by Crippen LogP contribution is -2.09. The maximum Gasteiger partial charge on any atom is -0.00171 e. The van der Waals surface area contributed by atoms with Gasteiger partial charge in [-0.05, 0) is 30.6 Å². The zero-order chi connectivity index (χ0) is 9.97. The molecule has 1 fully saturated rings. The van der Waals surface area contributed by atoms with E-state index in [9.17, 15) is 0 Å². The molecule has 0 amide bonds. The van der Waals surface area contributed by atoms with Gasteiger partial charge in [-0.2, -0.15) is 0 Å². The SMILES string of the molecule is C=C1C2C=CC(C2)C1CCCCCC. The van der Waals surface area contributed by atoms with Gasteiger partial charge in [0.1, 0.15) is 0 Å². The Bertz CT molecular complexity index is 236. The summed E-state index contributed by atoms with van der Waals surface area (Å²) in [6, 6.07) is 0. The van der Waals surface area contributed by atoms with E-state index in [-0.39, 0.29) is 0 Å². The molecule has 0 aromatic carbocycles. The van der Waals surface area contributed by atoms with Gasteiger partial charge in [-0.15, -0.1) is 0 Å². The van der Waals surface area contributed by atoms with Crippen molar-refractivity contribution in [3.63, 3.8) is 0 Å². The first kappa shape index (κ1) is 10.0. The van der Waals surface area contributed by atoms with Gasteiger partial charge in [0.05, 0.1) is 0 Å². The minimum Gasteiger partial charge on any atom is -0.0990 e. The number of hydrogen-bond donors (Lipinski definition) is 0. The van der Waals surface area contributed by atoms with Crippen molar-refractivity contribution in [2.24, 2.45) is 17.8 Å². The molecule has 3 atom stereocenters. The molecule has 0 aromatic rings. The average Bonchev–Trinajstić information content (AvgIpc) is 2.75. The van der Waals surface area contributed by atoms with Crippen molar-refractivity contribution >= 4 is 0 Å². The molecule has 14 heavy (non-hydrogen) atoms. The van der Waals surface area contributed by atoms with Gasteiger partial charge in [0.15, 0.2) is 0 Å². The molecule has 2 aliphatic carbocycles. The van der Waals surface area contributed by atoms with Crippen LogP contribution in [-0.4, -0.2) is 0 Å². The van der Waals surface area contributed by atoms with Crippen LogP contribution >= 0.6 is 0 Å². The predicted molar refractivity (Wildman–Crippen MR) is 62.1 cm³/mol. The quantitative estimate of drug-likeness (QED) is 0.447. The van der Waals surface area contributed by atoms with Gasteiger partial charge in [0, 0.05) is 0 Å². The van der Waals surface area contributed by atoms with Crippen molar-refractivity contribution in [2.75, 3.05) is 0 Å². The van der Waals surface area contributed by atoms with Crippen molar-refractivity contribution in [1.29, 1.82) is 0 Å². The van der Waals surface area contributed by atoms with Gasteiger partial charge >= 0.3 is 0 Å². The second-order valence-electron chi connectivity index (χ2n) is 4.92. The Morgan fingerprint density at radius 2 is 2.14 bits per heavy atom. The highest BCUT2D eigenvalue weighted by Gasteiger charge is 2.37. The Labute approximate surface area is 88.1 Å². The largest absolute Gasteiger partial charge is 0.0990 e. The first-order valence-corrected chi connectivity index (χ1v) is 6.20. The third-order valence-electron chi connectivity index (χ3n) is 3.95. The molecule has 0 nitrogen and oxygen atoms in total. The van der Waals surface area contributed by atoms with Crippen LogP contribution < -0.4 is 0 Å². The van der Waals surface area contributed by atoms with Crippen LogP contribution in [0.15, 0.2) is 24.3 Å². The van der Waals surface area contributed by atoms with Crippen LogP contribution in [0.1, 0.15) is 45.4 Å². The smallest absolute Gasteiger partial charge is 0.00171 e. The molecule has 0 aromatic heterocycles. The Balaban J connectivity index is 1.76. The Hall–Kier alpha value is -0.520. The lowest BCUT2D eigenvalue weighted by Gasteiger charge is -2.20. The standard InChI is InChI=1S/C14H22/c1-3-4-5-6-7-14-11(2)12-8-9-13(14)10-12/h8-9,12-14H,2-7,10H2,1H3. The van der Waals surface area contributed by atoms with Gasteiger partial charge in [-0.3, -0.25) is 0 Å². The summed E-state index contributed by atoms with van der Waals surface area (Å²) in [5, 5.41) is 0. The molecule has 0 radical (unpaired) electrons. The van der Waals surface area contributed by atoms with Crippen LogP contribution in [0.2, 0.25) is 0 Å². The molecule has 0 N–H and O–H groups in total. The Morgan fingerprint density at radius 1 is 1.29 bits per heavy atom. The van der Waals surface area contributed by atoms with Gasteiger partial charge in [-0.25, -0.2) is 0 Å². The molecule has 0 heteroatoms. The van der Waals surface area contributed by atoms with Crippen LogP contribution in [0.3, 0.4) is 0 Å². The Kier molecular flexibility index (Phi) is 3.10. The molecular weight excluding hydrogens is 168 g/mol. The van der Waals surface area contributed by atoms with Crippen molar-refractivity contribution in [3.05, 3.63) is 24.3 Å². The molecule has 2 bridgehead atoms. The molecule has 1 saturated carbocycles. The zero-order valence-electron chi connectivity index (χ0n) is 9.34. The number of rotatable bonds is 5. The summed E-state index contributed by atoms with van der Waals surface area (Å²) in [5.74, 6) is 2.44. The van der Waals surface area contributed by atoms with Gasteiger partial charge in [0.2, 0.25) is 0 Å². The molecule has 2 rings (SSSR count). The van der Waals surface area contributed by atoms with E-state index in [0.29, 0.717) is 0 Å². The van der Waals surface area contributed by atoms with Crippen molar-refractivity contribution in [2.45, 2.75) is 45.4 Å². The average molecular weight is 190 g/mol. The van der Waals surface area contributed by atoms with Crippen LogP contribution in [-0.2, 0) is 0 Å². The van der Waals surface area contributed by atoms with Gasteiger partial charge in [0.25, 0.3) is 0 Å². The monoisotopic (exact) mass is 190 g/mol. The third-order valence-corrected chi connectivity index (χ3v) is 3.95. The molecular formula is C14H22. The molecule has 0 aliphatic heterocycles. The van der Waals surface area contributed by atoms with Crippen molar-refractivity contribution in [3.8, 4) is 0 Å². The normalized spacial score (nSPS) is 34.4. The summed E-state index contributed by atoms with van der Waals surface area (Å²) in [5.41, 5.74) is 1.54. The second-order valence-corrected chi connectivity index (χ2v) is 4.92. The molecule has 0 spiro atoms. The third kappa shape index (κ3) is 1.80. The van der Waals surface area contributed by atoms with Crippen LogP contribution in [0.4, 0.5) is 0 Å². The van der Waals surface area contributed by atoms with E-state index in [4.69, 9.17) is 0 Å². The van der Waals surface area contributed by atoms with Gasteiger partial charge in [-0.1, -0.05) is 56.9 Å². The maximum absolute atomic E-state index is 4.27. The van der Waals surface area contributed by atoms with E-state index in [1.54, 1.807) is 0 Å². The Morgan fingerprint density at radius 3 is 2.79 bits per heavy atom. The van der Waals surface area contributed by atoms with E-state index in [2.05, 4.69) is 25.7 Å². The summed E-state index contributed by atoms with van der Waals surface area (Å²) in [7, 11) is 0. The van der Waals surface area contributed by atoms with E-state index in [1.165, 1.54) is 44.1 Å². The summed E-state index contributed by atoms with van der Waals surface area (Å²) >= 11 is 0. The number of fused-ring (bicyclic) bond motifs is 2. The molecule has 0 saturated heterocycles. The van der Waals surface area contributed by atoms with Crippen LogP contribution in [0, 0.1) is 17.8 Å². The minimum atomic E-state index is 0.746. The fourth-order valence-electron chi connectivity index (χ4n) is 3.04. The summed E-state index contributed by atoms with van der Waals surface area (Å²) < 4.78 is 0. The van der Waals surface area contributed by atoms with E-state index >= 15 is 0 Å². The van der Waals surface area contributed by atoms with E-state index < -0.39 is 0 Å². The van der Waals surface area contributed by atoms with Crippen LogP contribution in [0.25, 0.3) is 0 Å². The molecule has 2 aliphatic rings. The number of allylic oxidation sites excluding steroid dienone is 3. The first-order chi connectivity index (χ1) is 6.83. The van der Waals surface area contributed by atoms with E-state index in [1.807, 2.05) is 0 Å². The second kappa shape index (κ2) is 4.33. The highest BCUT2D eigenvalue weighted by Crippen LogP contribution is 2.48. The zero-order valence-corrected chi connectivity index (χ0v) is 9.34. The predicted octanol–water partition coefficient (Wildman–Crippen LogP) is 4.34. The van der Waals surface area contributed by atoms with Gasteiger partial charge < -0.3 is 0 Å².